The fourth-order valence-electron chi connectivity index (χ4n) is 1.71. The Morgan fingerprint density at radius 2 is 2.47 bits per heavy atom. The third kappa shape index (κ3) is 1.98. The minimum atomic E-state index is -0.130. The second-order valence-corrected chi connectivity index (χ2v) is 4.06. The number of carbonyl (C=O) groups is 1. The molecule has 0 radical (unpaired) electrons. The van der Waals surface area contributed by atoms with Gasteiger partial charge in [-0.05, 0) is 0 Å². The van der Waals surface area contributed by atoms with Gasteiger partial charge in [-0.15, -0.1) is 11.6 Å². The Balaban J connectivity index is 2.21. The van der Waals surface area contributed by atoms with Gasteiger partial charge in [-0.2, -0.15) is 5.10 Å². The zero-order chi connectivity index (χ0) is 10.8. The van der Waals surface area contributed by atoms with Crippen LogP contribution in [-0.2, 0) is 11.3 Å². The summed E-state index contributed by atoms with van der Waals surface area (Å²) in [6.45, 7) is 0.900. The van der Waals surface area contributed by atoms with E-state index in [2.05, 4.69) is 5.10 Å². The third-order valence-electron chi connectivity index (χ3n) is 2.36. The average Bonchev–Trinajstić information content (AvgIpc) is 2.73. The number of hydrogen-bond donors (Lipinski definition) is 1. The topological polar surface area (TPSA) is 58.4 Å². The summed E-state index contributed by atoms with van der Waals surface area (Å²) in [7, 11) is 0. The van der Waals surface area contributed by atoms with Gasteiger partial charge in [0.2, 0.25) is 5.91 Å². The summed E-state index contributed by atoms with van der Waals surface area (Å²) in [6, 6.07) is 1.75. The summed E-state index contributed by atoms with van der Waals surface area (Å²) in [5.41, 5.74) is 0. The molecule has 2 heterocycles. The van der Waals surface area contributed by atoms with Crippen LogP contribution in [0.4, 0.5) is 5.82 Å². The normalized spacial score (nSPS) is 21.3. The smallest absolute Gasteiger partial charge is 0.229 e. The number of hydrogen-bond acceptors (Lipinski definition) is 3. The number of nitrogens with zero attached hydrogens (tertiary/aromatic N) is 3. The first kappa shape index (κ1) is 10.4. The van der Waals surface area contributed by atoms with Crippen LogP contribution in [0.5, 0.6) is 0 Å². The molecule has 0 aliphatic carbocycles. The summed E-state index contributed by atoms with van der Waals surface area (Å²) in [6.07, 6.45) is 1.98. The monoisotopic (exact) mass is 229 g/mol. The maximum atomic E-state index is 11.6. The van der Waals surface area contributed by atoms with E-state index < -0.39 is 0 Å². The van der Waals surface area contributed by atoms with Gasteiger partial charge in [0.25, 0.3) is 0 Å². The van der Waals surface area contributed by atoms with Gasteiger partial charge in [-0.3, -0.25) is 9.69 Å². The van der Waals surface area contributed by atoms with Gasteiger partial charge in [0.1, 0.15) is 5.82 Å². The Morgan fingerprint density at radius 3 is 3.07 bits per heavy atom. The molecule has 1 fully saturated rings. The van der Waals surface area contributed by atoms with Crippen LogP contribution in [0.3, 0.4) is 0 Å². The first-order valence-electron chi connectivity index (χ1n) is 4.79. The standard InChI is InChI=1S/C9H12ClN3O2/c10-7-5-9(15)12(6-7)8-1-2-11-13(8)3-4-14/h1-2,7,14H,3-6H2. The van der Waals surface area contributed by atoms with Crippen LogP contribution in [0, 0.1) is 0 Å². The van der Waals surface area contributed by atoms with Crippen LogP contribution in [-0.4, -0.2) is 39.3 Å². The predicted molar refractivity (Wildman–Crippen MR) is 55.9 cm³/mol. The number of aliphatic hydroxyl groups excluding tert-OH is 1. The number of amides is 1. The second-order valence-electron chi connectivity index (χ2n) is 3.44. The van der Waals surface area contributed by atoms with Crippen molar-refractivity contribution < 1.29 is 9.90 Å². The minimum absolute atomic E-state index is 0.00101. The molecule has 1 N–H and O–H groups in total. The Morgan fingerprint density at radius 1 is 1.67 bits per heavy atom. The predicted octanol–water partition coefficient (Wildman–Crippen LogP) is 0.219. The van der Waals surface area contributed by atoms with Gasteiger partial charge in [0, 0.05) is 19.0 Å². The fourth-order valence-corrected chi connectivity index (χ4v) is 1.98. The zero-order valence-electron chi connectivity index (χ0n) is 8.14. The summed E-state index contributed by atoms with van der Waals surface area (Å²) in [5.74, 6) is 0.715. The van der Waals surface area contributed by atoms with Crippen molar-refractivity contribution in [2.24, 2.45) is 0 Å². The lowest BCUT2D eigenvalue weighted by atomic mass is 10.4. The maximum absolute atomic E-state index is 11.6. The Hall–Kier alpha value is -1.07. The van der Waals surface area contributed by atoms with E-state index in [-0.39, 0.29) is 17.9 Å². The number of carbonyl (C=O) groups excluding carboxylic acids is 1. The Kier molecular flexibility index (Phi) is 2.93. The number of rotatable bonds is 3. The van der Waals surface area contributed by atoms with Crippen LogP contribution in [0.15, 0.2) is 12.3 Å². The maximum Gasteiger partial charge on any atom is 0.229 e. The lowest BCUT2D eigenvalue weighted by Gasteiger charge is -2.16. The quantitative estimate of drug-likeness (QED) is 0.755. The molecule has 1 amide bonds. The molecule has 0 aromatic carbocycles. The highest BCUT2D eigenvalue weighted by atomic mass is 35.5. The summed E-state index contributed by atoms with van der Waals surface area (Å²) in [4.78, 5) is 13.2. The molecule has 1 atom stereocenters. The largest absolute Gasteiger partial charge is 0.394 e. The highest BCUT2D eigenvalue weighted by Gasteiger charge is 2.30. The van der Waals surface area contributed by atoms with E-state index in [4.69, 9.17) is 16.7 Å². The van der Waals surface area contributed by atoms with Crippen molar-refractivity contribution in [1.29, 1.82) is 0 Å². The Bertz CT molecular complexity index is 366. The van der Waals surface area contributed by atoms with Gasteiger partial charge in [-0.1, -0.05) is 0 Å². The van der Waals surface area contributed by atoms with E-state index in [1.165, 1.54) is 0 Å². The van der Waals surface area contributed by atoms with Crippen molar-refractivity contribution in [3.8, 4) is 0 Å². The zero-order valence-corrected chi connectivity index (χ0v) is 8.89. The molecule has 1 aromatic heterocycles. The molecule has 0 bridgehead atoms. The molecular formula is C9H12ClN3O2. The lowest BCUT2D eigenvalue weighted by molar-refractivity contribution is -0.117. The number of halogens is 1. The van der Waals surface area contributed by atoms with Crippen LogP contribution < -0.4 is 4.90 Å². The molecule has 1 saturated heterocycles. The minimum Gasteiger partial charge on any atom is -0.394 e. The number of aliphatic hydroxyl groups is 1. The molecule has 5 nitrogen and oxygen atoms in total. The fraction of sp³-hybridized carbons (Fsp3) is 0.556. The van der Waals surface area contributed by atoms with Crippen molar-refractivity contribution in [1.82, 2.24) is 9.78 Å². The molecular weight excluding hydrogens is 218 g/mol. The van der Waals surface area contributed by atoms with Gasteiger partial charge in [-0.25, -0.2) is 4.68 Å². The van der Waals surface area contributed by atoms with Crippen LogP contribution in [0.1, 0.15) is 6.42 Å². The third-order valence-corrected chi connectivity index (χ3v) is 2.65. The van der Waals surface area contributed by atoms with Crippen molar-refractivity contribution >= 4 is 23.3 Å². The van der Waals surface area contributed by atoms with Gasteiger partial charge in [0.15, 0.2) is 0 Å². The van der Waals surface area contributed by atoms with Crippen molar-refractivity contribution in [2.75, 3.05) is 18.1 Å². The first-order chi connectivity index (χ1) is 7.22. The molecule has 0 spiro atoms. The molecule has 1 aromatic rings. The average molecular weight is 230 g/mol. The van der Waals surface area contributed by atoms with Crippen LogP contribution >= 0.6 is 11.6 Å². The van der Waals surface area contributed by atoms with Gasteiger partial charge < -0.3 is 5.11 Å². The first-order valence-corrected chi connectivity index (χ1v) is 5.23. The number of aromatic nitrogens is 2. The molecule has 1 aliphatic heterocycles. The molecule has 15 heavy (non-hydrogen) atoms. The summed E-state index contributed by atoms with van der Waals surface area (Å²) >= 11 is 5.91. The van der Waals surface area contributed by atoms with E-state index in [0.717, 1.165) is 0 Å². The van der Waals surface area contributed by atoms with Crippen LogP contribution in [0.25, 0.3) is 0 Å². The van der Waals surface area contributed by atoms with Crippen molar-refractivity contribution in [3.63, 3.8) is 0 Å². The summed E-state index contributed by atoms with van der Waals surface area (Å²) in [5, 5.41) is 12.7. The van der Waals surface area contributed by atoms with E-state index in [9.17, 15) is 4.79 Å². The van der Waals surface area contributed by atoms with Crippen molar-refractivity contribution in [2.45, 2.75) is 18.3 Å². The number of alkyl halides is 1. The van der Waals surface area contributed by atoms with E-state index >= 15 is 0 Å². The second kappa shape index (κ2) is 4.20. The molecule has 6 heteroatoms. The molecule has 82 valence electrons. The van der Waals surface area contributed by atoms with E-state index in [1.807, 2.05) is 0 Å². The summed E-state index contributed by atoms with van der Waals surface area (Å²) < 4.78 is 1.60. The van der Waals surface area contributed by atoms with E-state index in [0.29, 0.717) is 25.3 Å². The van der Waals surface area contributed by atoms with Crippen LogP contribution in [0.2, 0.25) is 0 Å². The van der Waals surface area contributed by atoms with Gasteiger partial charge in [0.05, 0.1) is 24.7 Å². The molecule has 0 saturated carbocycles. The SMILES string of the molecule is O=C1CC(Cl)CN1c1ccnn1CCO. The Labute approximate surface area is 92.2 Å². The molecule has 2 rings (SSSR count). The van der Waals surface area contributed by atoms with Crippen molar-refractivity contribution in [3.05, 3.63) is 12.3 Å². The number of anilines is 1. The molecule has 1 unspecified atom stereocenters. The highest BCUT2D eigenvalue weighted by Crippen LogP contribution is 2.23. The van der Waals surface area contributed by atoms with E-state index in [1.54, 1.807) is 21.8 Å². The van der Waals surface area contributed by atoms with Gasteiger partial charge >= 0.3 is 0 Å². The molecule has 1 aliphatic rings. The lowest BCUT2D eigenvalue weighted by Crippen LogP contribution is -2.27. The highest BCUT2D eigenvalue weighted by molar-refractivity contribution is 6.24.